The number of rotatable bonds is 0. The van der Waals surface area contributed by atoms with E-state index in [0.29, 0.717) is 38.6 Å². The largest absolute Gasteiger partial charge is 0.504 e. The van der Waals surface area contributed by atoms with Crippen LogP contribution in [0.2, 0.25) is 0 Å². The predicted octanol–water partition coefficient (Wildman–Crippen LogP) is 6.73. The molecular weight excluding hydrogens is 589 g/mol. The molecule has 0 unspecified atom stereocenters. The van der Waals surface area contributed by atoms with Gasteiger partial charge in [-0.25, -0.2) is 0 Å². The number of hydrogen-bond acceptors (Lipinski definition) is 4. The number of nitrogens with zero attached hydrogens (tertiary/aromatic N) is 3. The summed E-state index contributed by atoms with van der Waals surface area (Å²) in [6.07, 6.45) is 11.2. The summed E-state index contributed by atoms with van der Waals surface area (Å²) in [6, 6.07) is 15.1. The molecule has 1 aliphatic carbocycles. The Labute approximate surface area is 210 Å². The van der Waals surface area contributed by atoms with Gasteiger partial charge in [-0.2, -0.15) is 0 Å². The maximum absolute atomic E-state index is 10.8. The van der Waals surface area contributed by atoms with E-state index in [1.807, 2.05) is 48.7 Å². The molecule has 4 aromatic rings. The van der Waals surface area contributed by atoms with E-state index in [4.69, 9.17) is 9.10 Å². The second-order valence-corrected chi connectivity index (χ2v) is 8.89. The first kappa shape index (κ1) is 17.5. The molecule has 0 bridgehead atoms. The number of allylic oxidation sites excluding steroid dienone is 2. The van der Waals surface area contributed by atoms with Crippen LogP contribution < -0.4 is 0 Å². The molecule has 4 nitrogen and oxygen atoms in total. The Bertz CT molecular complexity index is 1670. The topological polar surface area (TPSA) is 48.7 Å². The minimum absolute atomic E-state index is 0. The van der Waals surface area contributed by atoms with Crippen LogP contribution >= 0.6 is 0 Å². The molecule has 1 spiro atoms. The van der Waals surface area contributed by atoms with Crippen molar-refractivity contribution in [2.45, 2.75) is 38.1 Å². The summed E-state index contributed by atoms with van der Waals surface area (Å²) in [5.74, 6) is 0.625. The maximum atomic E-state index is 10.8. The molecule has 0 atom stereocenters. The van der Waals surface area contributed by atoms with Gasteiger partial charge < -0.3 is 10.0 Å². The van der Waals surface area contributed by atoms with Crippen LogP contribution in [-0.2, 0) is 26.6 Å². The summed E-state index contributed by atoms with van der Waals surface area (Å²) >= 11 is 0. The molecule has 0 amide bonds. The van der Waals surface area contributed by atoms with Crippen molar-refractivity contribution >= 4 is 44.0 Å². The van der Waals surface area contributed by atoms with Gasteiger partial charge in [-0.3, -0.25) is 9.98 Å². The first-order valence-electron chi connectivity index (χ1n) is 12.5. The van der Waals surface area contributed by atoms with E-state index in [2.05, 4.69) is 16.0 Å². The second-order valence-electron chi connectivity index (χ2n) is 8.89. The van der Waals surface area contributed by atoms with Crippen molar-refractivity contribution < 1.29 is 30.3 Å². The van der Waals surface area contributed by atoms with Crippen LogP contribution in [0.4, 0.5) is 5.69 Å². The van der Waals surface area contributed by atoms with Crippen LogP contribution in [0.1, 0.15) is 40.9 Å². The van der Waals surface area contributed by atoms with Crippen LogP contribution in [0.5, 0.6) is 0 Å². The van der Waals surface area contributed by atoms with Crippen LogP contribution in [0.15, 0.2) is 71.7 Å². The summed E-state index contributed by atoms with van der Waals surface area (Å²) in [4.78, 5) is 11.6. The predicted molar refractivity (Wildman–Crippen MR) is 129 cm³/mol. The van der Waals surface area contributed by atoms with E-state index in [-0.39, 0.29) is 32.4 Å². The summed E-state index contributed by atoms with van der Waals surface area (Å²) in [5.41, 5.74) is 2.46. The number of fused-ring (bicyclic) bond motifs is 9. The molecule has 1 saturated carbocycles. The zero-order valence-electron chi connectivity index (χ0n) is 20.7. The number of hydrogen-bond donors (Lipinski definition) is 1. The summed E-state index contributed by atoms with van der Waals surface area (Å²) in [7, 11) is 0. The Morgan fingerprint density at radius 1 is 1.09 bits per heavy atom. The van der Waals surface area contributed by atoms with Crippen LogP contribution in [0.3, 0.4) is 0 Å². The van der Waals surface area contributed by atoms with Crippen molar-refractivity contribution in [2.75, 3.05) is 0 Å². The average Bonchev–Trinajstić information content (AvgIpc) is 3.33. The van der Waals surface area contributed by atoms with Crippen molar-refractivity contribution in [3.63, 3.8) is 0 Å². The number of benzene rings is 3. The van der Waals surface area contributed by atoms with Crippen molar-refractivity contribution in [2.24, 2.45) is 4.99 Å². The Hall–Kier alpha value is -2.97. The number of aryl methyl sites for hydroxylation is 1. The smallest absolute Gasteiger partial charge is 0.168 e. The fraction of sp³-hybridized carbons (Fsp3) is 0.214. The van der Waals surface area contributed by atoms with Gasteiger partial charge in [0.2, 0.25) is 0 Å². The minimum atomic E-state index is -2.34. The Kier molecular flexibility index (Phi) is 3.85. The Balaban J connectivity index is 0.00000240. The van der Waals surface area contributed by atoms with Crippen molar-refractivity contribution in [1.29, 1.82) is 0 Å². The van der Waals surface area contributed by atoms with Gasteiger partial charge in [0.05, 0.1) is 5.54 Å². The number of amidine groups is 1. The van der Waals surface area contributed by atoms with Gasteiger partial charge in [0, 0.05) is 48.8 Å². The van der Waals surface area contributed by atoms with Crippen molar-refractivity contribution in [3.8, 4) is 0 Å². The molecule has 2 aliphatic heterocycles. The molecule has 1 N–H and O–H groups in total. The molecule has 3 aliphatic rings. The molecular formula is C28H22N3OPt-. The van der Waals surface area contributed by atoms with E-state index in [0.717, 1.165) is 42.1 Å². The SMILES string of the molecule is [2H]C([2H])([2H])c1c2ccc3c(c2[c-]c2c1ccc1cccnc12)N=C1C(O)=CC=CN1C31CCCC1.[Pt]. The van der Waals surface area contributed by atoms with Gasteiger partial charge in [0.15, 0.2) is 11.6 Å². The number of aromatic nitrogens is 1. The molecule has 1 fully saturated rings. The molecule has 166 valence electrons. The third-order valence-corrected chi connectivity index (χ3v) is 7.30. The van der Waals surface area contributed by atoms with Crippen molar-refractivity contribution in [3.05, 3.63) is 83.9 Å². The normalized spacial score (nSPS) is 20.0. The molecule has 3 heterocycles. The van der Waals surface area contributed by atoms with Gasteiger partial charge in [0.1, 0.15) is 0 Å². The summed E-state index contributed by atoms with van der Waals surface area (Å²) < 4.78 is 25.3. The van der Waals surface area contributed by atoms with E-state index >= 15 is 0 Å². The summed E-state index contributed by atoms with van der Waals surface area (Å²) in [5, 5.41) is 14.3. The fourth-order valence-electron chi connectivity index (χ4n) is 5.82. The van der Waals surface area contributed by atoms with Gasteiger partial charge in [-0.05, 0) is 42.0 Å². The van der Waals surface area contributed by atoms with Crippen LogP contribution in [0, 0.1) is 12.9 Å². The molecule has 1 aromatic heterocycles. The minimum Gasteiger partial charge on any atom is -0.504 e. The van der Waals surface area contributed by atoms with E-state index in [1.165, 1.54) is 0 Å². The molecule has 3 aromatic carbocycles. The zero-order valence-corrected chi connectivity index (χ0v) is 20.0. The maximum Gasteiger partial charge on any atom is 0.168 e. The molecule has 0 saturated heterocycles. The molecule has 0 radical (unpaired) electrons. The monoisotopic (exact) mass is 614 g/mol. The van der Waals surface area contributed by atoms with E-state index in [1.54, 1.807) is 12.3 Å². The van der Waals surface area contributed by atoms with Gasteiger partial charge in [-0.15, -0.1) is 11.6 Å². The van der Waals surface area contributed by atoms with Gasteiger partial charge in [0.25, 0.3) is 0 Å². The second kappa shape index (κ2) is 7.26. The molecule has 5 heteroatoms. The van der Waals surface area contributed by atoms with Crippen LogP contribution in [-0.4, -0.2) is 20.8 Å². The summed E-state index contributed by atoms with van der Waals surface area (Å²) in [6.45, 7) is -2.34. The first-order chi connectivity index (χ1) is 16.9. The number of pyridine rings is 1. The van der Waals surface area contributed by atoms with Gasteiger partial charge in [-0.1, -0.05) is 71.6 Å². The zero-order chi connectivity index (χ0) is 23.9. The number of aliphatic imine (C=N–C) groups is 1. The van der Waals surface area contributed by atoms with E-state index < -0.39 is 6.85 Å². The van der Waals surface area contributed by atoms with E-state index in [9.17, 15) is 5.11 Å². The van der Waals surface area contributed by atoms with Crippen LogP contribution in [0.25, 0.3) is 32.4 Å². The standard InChI is InChI=1S/C28H22N3O.Pt/c1-17-19-9-8-18-6-4-14-29-25(18)21(19)16-22-20(17)10-11-23-26(22)30-27-24(32)7-5-15-31(27)28(23)12-2-3-13-28;/h4-11,14-15,32H,2-3,12-13H2,1H3;/q-1;/i1D3;. The average molecular weight is 615 g/mol. The number of aliphatic hydroxyl groups is 1. The Morgan fingerprint density at radius 2 is 1.91 bits per heavy atom. The van der Waals surface area contributed by atoms with Gasteiger partial charge >= 0.3 is 0 Å². The fourth-order valence-corrected chi connectivity index (χ4v) is 5.82. The quantitative estimate of drug-likeness (QED) is 0.136. The molecule has 7 rings (SSSR count). The molecule has 33 heavy (non-hydrogen) atoms. The first-order valence-corrected chi connectivity index (χ1v) is 11.0. The number of aliphatic hydroxyl groups excluding tert-OH is 1. The Morgan fingerprint density at radius 3 is 2.76 bits per heavy atom. The van der Waals surface area contributed by atoms with Crippen molar-refractivity contribution in [1.82, 2.24) is 9.88 Å². The third-order valence-electron chi connectivity index (χ3n) is 7.30. The third kappa shape index (κ3) is 2.68.